The molecule has 204 valence electrons. The first-order valence-corrected chi connectivity index (χ1v) is 15.7. The highest BCUT2D eigenvalue weighted by atomic mass is 32.2. The van der Waals surface area contributed by atoms with Crippen LogP contribution in [0.15, 0.2) is 29.3 Å². The lowest BCUT2D eigenvalue weighted by Gasteiger charge is -2.40. The monoisotopic (exact) mass is 588 g/mol. The van der Waals surface area contributed by atoms with Gasteiger partial charge in [0, 0.05) is 66.4 Å². The number of amides is 1. The molecule has 4 heterocycles. The Kier molecular flexibility index (Phi) is 7.23. The molecule has 3 aromatic rings. The van der Waals surface area contributed by atoms with Crippen molar-refractivity contribution in [3.63, 3.8) is 0 Å². The SMILES string of the molecule is C#Cc1ccc2[nH]c(S(=O)(=O)N3CCN(C(=O)c4nc5c(s4)CNC(S(=O)(=O)O)C5)C(CCC#N)C3)cc2c1. The molecule has 2 unspecified atom stereocenters. The number of terminal acetylenes is 1. The van der Waals surface area contributed by atoms with Crippen LogP contribution in [0.3, 0.4) is 0 Å². The second-order valence-electron chi connectivity index (χ2n) is 9.27. The van der Waals surface area contributed by atoms with Gasteiger partial charge >= 0.3 is 0 Å². The Morgan fingerprint density at radius 3 is 2.77 bits per heavy atom. The predicted molar refractivity (Wildman–Crippen MR) is 143 cm³/mol. The number of rotatable bonds is 6. The molecule has 1 amide bonds. The molecule has 15 heteroatoms. The molecule has 1 saturated heterocycles. The minimum Gasteiger partial charge on any atom is -0.345 e. The van der Waals surface area contributed by atoms with E-state index in [1.165, 1.54) is 15.3 Å². The maximum atomic E-state index is 13.5. The molecular weight excluding hydrogens is 565 g/mol. The Bertz CT molecular complexity index is 1750. The number of nitriles is 1. The summed E-state index contributed by atoms with van der Waals surface area (Å²) in [6, 6.07) is 8.17. The summed E-state index contributed by atoms with van der Waals surface area (Å²) in [5.41, 5.74) is 1.68. The van der Waals surface area contributed by atoms with E-state index in [1.807, 2.05) is 0 Å². The van der Waals surface area contributed by atoms with E-state index in [2.05, 4.69) is 27.3 Å². The van der Waals surface area contributed by atoms with E-state index in [0.717, 1.165) is 11.3 Å². The Balaban J connectivity index is 1.37. The molecule has 1 aromatic carbocycles. The summed E-state index contributed by atoms with van der Waals surface area (Å²) in [5, 5.41) is 11.5. The molecule has 1 fully saturated rings. The van der Waals surface area contributed by atoms with Crippen molar-refractivity contribution in [1.29, 1.82) is 5.26 Å². The van der Waals surface area contributed by atoms with Gasteiger partial charge < -0.3 is 9.88 Å². The van der Waals surface area contributed by atoms with Crippen LogP contribution < -0.4 is 5.32 Å². The molecule has 2 aromatic heterocycles. The second-order valence-corrected chi connectivity index (χ2v) is 13.9. The highest BCUT2D eigenvalue weighted by molar-refractivity contribution is 7.89. The number of nitrogens with one attached hydrogen (secondary N) is 2. The Morgan fingerprint density at radius 2 is 2.05 bits per heavy atom. The summed E-state index contributed by atoms with van der Waals surface area (Å²) in [6.45, 7) is 0.269. The van der Waals surface area contributed by atoms with Crippen molar-refractivity contribution in [3.8, 4) is 18.4 Å². The summed E-state index contributed by atoms with van der Waals surface area (Å²) in [6.07, 6.45) is 5.77. The van der Waals surface area contributed by atoms with Crippen molar-refractivity contribution in [2.45, 2.75) is 42.2 Å². The molecule has 0 radical (unpaired) electrons. The van der Waals surface area contributed by atoms with E-state index >= 15 is 0 Å². The number of carbonyl (C=O) groups excluding carboxylic acids is 1. The minimum atomic E-state index is -4.32. The van der Waals surface area contributed by atoms with Gasteiger partial charge in [-0.15, -0.1) is 17.8 Å². The fourth-order valence-corrected chi connectivity index (χ4v) is 7.97. The molecule has 2 aliphatic rings. The molecule has 12 nitrogen and oxygen atoms in total. The molecule has 0 saturated carbocycles. The molecule has 2 atom stereocenters. The highest BCUT2D eigenvalue weighted by Crippen LogP contribution is 2.29. The zero-order chi connectivity index (χ0) is 27.9. The maximum absolute atomic E-state index is 13.5. The Hall–Kier alpha value is -3.31. The zero-order valence-corrected chi connectivity index (χ0v) is 22.9. The summed E-state index contributed by atoms with van der Waals surface area (Å²) in [4.78, 5) is 23.0. The topological polar surface area (TPSA) is 177 Å². The Morgan fingerprint density at radius 1 is 1.26 bits per heavy atom. The standard InChI is InChI=1S/C24H24N6O6S3/c1-2-15-5-6-18-16(10-15)11-22(27-18)38(32,33)29-8-9-30(17(14-29)4-3-7-25)24(31)23-28-19-12-21(39(34,35)36)26-13-20(19)37-23/h1,5-6,10-11,17,21,26-27H,3-4,8-9,12-14H2,(H,34,35,36). The Labute approximate surface area is 229 Å². The number of carbonyl (C=O) groups is 1. The smallest absolute Gasteiger partial charge is 0.283 e. The number of aromatic nitrogens is 2. The largest absolute Gasteiger partial charge is 0.345 e. The van der Waals surface area contributed by atoms with Gasteiger partial charge in [-0.1, -0.05) is 5.92 Å². The summed E-state index contributed by atoms with van der Waals surface area (Å²) >= 11 is 1.13. The fourth-order valence-electron chi connectivity index (χ4n) is 4.82. The molecular formula is C24H24N6O6S3. The lowest BCUT2D eigenvalue weighted by molar-refractivity contribution is 0.0552. The van der Waals surface area contributed by atoms with Crippen molar-refractivity contribution >= 4 is 48.3 Å². The van der Waals surface area contributed by atoms with E-state index < -0.39 is 37.5 Å². The van der Waals surface area contributed by atoms with Gasteiger partial charge in [0.1, 0.15) is 10.4 Å². The number of piperazine rings is 1. The van der Waals surface area contributed by atoms with Gasteiger partial charge in [-0.25, -0.2) is 13.4 Å². The lowest BCUT2D eigenvalue weighted by Crippen LogP contribution is -2.56. The van der Waals surface area contributed by atoms with Crippen LogP contribution in [0, 0.1) is 23.7 Å². The van der Waals surface area contributed by atoms with E-state index in [1.54, 1.807) is 18.2 Å². The van der Waals surface area contributed by atoms with Crippen LogP contribution in [0.2, 0.25) is 0 Å². The van der Waals surface area contributed by atoms with Crippen LogP contribution in [-0.4, -0.2) is 77.5 Å². The number of H-pyrrole nitrogens is 1. The summed E-state index contributed by atoms with van der Waals surface area (Å²) < 4.78 is 60.8. The number of fused-ring (bicyclic) bond motifs is 2. The number of benzene rings is 1. The average molecular weight is 589 g/mol. The van der Waals surface area contributed by atoms with Crippen molar-refractivity contribution < 1.29 is 26.2 Å². The van der Waals surface area contributed by atoms with Gasteiger partial charge in [0.25, 0.3) is 26.0 Å². The first kappa shape index (κ1) is 27.3. The van der Waals surface area contributed by atoms with Crippen LogP contribution in [0.5, 0.6) is 0 Å². The molecule has 0 bridgehead atoms. The number of aromatic amines is 1. The maximum Gasteiger partial charge on any atom is 0.283 e. The van der Waals surface area contributed by atoms with Crippen molar-refractivity contribution in [2.24, 2.45) is 0 Å². The van der Waals surface area contributed by atoms with Gasteiger partial charge in [0.15, 0.2) is 5.01 Å². The van der Waals surface area contributed by atoms with Crippen LogP contribution in [0.25, 0.3) is 10.9 Å². The zero-order valence-electron chi connectivity index (χ0n) is 20.5. The first-order chi connectivity index (χ1) is 18.5. The second kappa shape index (κ2) is 10.3. The molecule has 0 aliphatic carbocycles. The van der Waals surface area contributed by atoms with Gasteiger partial charge in [-0.3, -0.25) is 14.7 Å². The summed E-state index contributed by atoms with van der Waals surface area (Å²) in [7, 11) is -8.25. The normalized spacial score (nSPS) is 20.3. The number of nitrogens with zero attached hydrogens (tertiary/aromatic N) is 4. The third-order valence-electron chi connectivity index (χ3n) is 6.87. The number of thiazole rings is 1. The third kappa shape index (κ3) is 5.29. The molecule has 3 N–H and O–H groups in total. The fraction of sp³-hybridized carbons (Fsp3) is 0.375. The van der Waals surface area contributed by atoms with Crippen LogP contribution >= 0.6 is 11.3 Å². The van der Waals surface area contributed by atoms with Crippen molar-refractivity contribution in [2.75, 3.05) is 19.6 Å². The predicted octanol–water partition coefficient (Wildman–Crippen LogP) is 1.28. The first-order valence-electron chi connectivity index (χ1n) is 12.0. The molecule has 39 heavy (non-hydrogen) atoms. The van der Waals surface area contributed by atoms with E-state index in [9.17, 15) is 31.4 Å². The highest BCUT2D eigenvalue weighted by Gasteiger charge is 2.39. The van der Waals surface area contributed by atoms with Gasteiger partial charge in [-0.2, -0.15) is 18.0 Å². The van der Waals surface area contributed by atoms with Gasteiger partial charge in [0.05, 0.1) is 11.8 Å². The van der Waals surface area contributed by atoms with Crippen molar-refractivity contribution in [1.82, 2.24) is 24.5 Å². The van der Waals surface area contributed by atoms with Crippen molar-refractivity contribution in [3.05, 3.63) is 45.4 Å². The van der Waals surface area contributed by atoms with E-state index in [4.69, 9.17) is 6.42 Å². The van der Waals surface area contributed by atoms with Gasteiger partial charge in [0.2, 0.25) is 0 Å². The number of hydrogen-bond donors (Lipinski definition) is 3. The van der Waals surface area contributed by atoms with Gasteiger partial charge in [-0.05, 0) is 30.7 Å². The van der Waals surface area contributed by atoms with E-state index in [-0.39, 0.29) is 55.5 Å². The summed E-state index contributed by atoms with van der Waals surface area (Å²) in [5.74, 6) is 2.11. The molecule has 5 rings (SSSR count). The minimum absolute atomic E-state index is 0.00179. The number of hydrogen-bond acceptors (Lipinski definition) is 9. The van der Waals surface area contributed by atoms with Crippen LogP contribution in [-0.2, 0) is 33.1 Å². The van der Waals surface area contributed by atoms with Crippen LogP contribution in [0.4, 0.5) is 0 Å². The molecule has 2 aliphatic heterocycles. The van der Waals surface area contributed by atoms with Crippen LogP contribution in [0.1, 0.15) is 38.8 Å². The lowest BCUT2D eigenvalue weighted by atomic mass is 10.1. The molecule has 0 spiro atoms. The third-order valence-corrected chi connectivity index (χ3v) is 10.8. The van der Waals surface area contributed by atoms with E-state index in [0.29, 0.717) is 27.0 Å². The average Bonchev–Trinajstić information content (AvgIpc) is 3.54. The quantitative estimate of drug-likeness (QED) is 0.283. The number of sulfonamides is 1.